The molecule has 0 bridgehead atoms. The first kappa shape index (κ1) is 29.9. The SMILES string of the molecule is Cc1cccc(CN(C)C(=O)c2cc(Cl)c(C(=O)N[C@@H](CNC(=O)N[C@@H]3CCc4ccccc43)C(=O)O)c(Cl)c2)c1. The Bertz CT molecular complexity index is 1470. The van der Waals surface area contributed by atoms with E-state index in [1.807, 2.05) is 55.5 Å². The van der Waals surface area contributed by atoms with Gasteiger partial charge in [0.25, 0.3) is 11.8 Å². The van der Waals surface area contributed by atoms with Crippen LogP contribution in [0.15, 0.2) is 60.7 Å². The number of rotatable bonds is 9. The predicted molar refractivity (Wildman–Crippen MR) is 156 cm³/mol. The molecule has 214 valence electrons. The van der Waals surface area contributed by atoms with Crippen LogP contribution in [0.1, 0.15) is 55.4 Å². The van der Waals surface area contributed by atoms with Crippen molar-refractivity contribution < 1.29 is 24.3 Å². The molecule has 9 nitrogen and oxygen atoms in total. The van der Waals surface area contributed by atoms with E-state index in [2.05, 4.69) is 16.0 Å². The van der Waals surface area contributed by atoms with Crippen LogP contribution < -0.4 is 16.0 Å². The number of carbonyl (C=O) groups is 4. The van der Waals surface area contributed by atoms with Crippen molar-refractivity contribution in [2.75, 3.05) is 13.6 Å². The quantitative estimate of drug-likeness (QED) is 0.283. The Hall–Kier alpha value is -4.08. The van der Waals surface area contributed by atoms with Crippen LogP contribution in [0.5, 0.6) is 0 Å². The molecule has 0 aliphatic heterocycles. The van der Waals surface area contributed by atoms with Crippen LogP contribution in [0.3, 0.4) is 0 Å². The average Bonchev–Trinajstić information content (AvgIpc) is 3.32. The minimum atomic E-state index is -1.46. The second kappa shape index (κ2) is 13.1. The summed E-state index contributed by atoms with van der Waals surface area (Å²) in [5, 5.41) is 17.1. The van der Waals surface area contributed by atoms with E-state index < -0.39 is 23.9 Å². The van der Waals surface area contributed by atoms with Crippen molar-refractivity contribution >= 4 is 47.0 Å². The van der Waals surface area contributed by atoms with Gasteiger partial charge in [-0.15, -0.1) is 0 Å². The average molecular weight is 597 g/mol. The summed E-state index contributed by atoms with van der Waals surface area (Å²) < 4.78 is 0. The minimum absolute atomic E-state index is 0.114. The Morgan fingerprint density at radius 3 is 2.41 bits per heavy atom. The molecular weight excluding hydrogens is 567 g/mol. The highest BCUT2D eigenvalue weighted by Crippen LogP contribution is 2.30. The van der Waals surface area contributed by atoms with Crippen LogP contribution in [0.2, 0.25) is 10.0 Å². The zero-order chi connectivity index (χ0) is 29.7. The van der Waals surface area contributed by atoms with E-state index in [9.17, 15) is 24.3 Å². The number of aryl methyl sites for hydroxylation is 2. The number of halogens is 2. The molecule has 11 heteroatoms. The number of nitrogens with zero attached hydrogens (tertiary/aromatic N) is 1. The summed E-state index contributed by atoms with van der Waals surface area (Å²) in [6.07, 6.45) is 1.58. The normalized spacial score (nSPS) is 14.5. The van der Waals surface area contributed by atoms with Crippen molar-refractivity contribution in [3.05, 3.63) is 104 Å². The zero-order valence-electron chi connectivity index (χ0n) is 22.5. The van der Waals surface area contributed by atoms with Crippen LogP contribution in [0.4, 0.5) is 4.79 Å². The maximum absolute atomic E-state index is 13.0. The molecular formula is C30H30Cl2N4O5. The standard InChI is InChI=1S/C30H30Cl2N4O5/c1-17-6-5-7-18(12-17)16-36(2)28(38)20-13-22(31)26(23(32)14-20)27(37)34-25(29(39)40)15-33-30(41)35-24-11-10-19-8-3-4-9-21(19)24/h3-9,12-14,24-25H,10-11,15-16H2,1-2H3,(H,34,37)(H,39,40)(H2,33,35,41)/t24-,25+/m1/s1. The highest BCUT2D eigenvalue weighted by molar-refractivity contribution is 6.40. The molecule has 2 atom stereocenters. The molecule has 0 fully saturated rings. The Morgan fingerprint density at radius 1 is 1.02 bits per heavy atom. The minimum Gasteiger partial charge on any atom is -0.480 e. The largest absolute Gasteiger partial charge is 0.480 e. The Balaban J connectivity index is 1.37. The van der Waals surface area contributed by atoms with Gasteiger partial charge in [-0.1, -0.05) is 77.3 Å². The van der Waals surface area contributed by atoms with Crippen LogP contribution in [0, 0.1) is 6.92 Å². The Kier molecular flexibility index (Phi) is 9.52. The summed E-state index contributed by atoms with van der Waals surface area (Å²) in [4.78, 5) is 51.8. The molecule has 41 heavy (non-hydrogen) atoms. The number of carboxylic acid groups (broad SMARTS) is 1. The lowest BCUT2D eigenvalue weighted by Crippen LogP contribution is -2.50. The summed E-state index contributed by atoms with van der Waals surface area (Å²) in [7, 11) is 1.64. The molecule has 0 radical (unpaired) electrons. The van der Waals surface area contributed by atoms with Crippen molar-refractivity contribution in [2.45, 2.75) is 38.4 Å². The van der Waals surface area contributed by atoms with Gasteiger partial charge in [0.15, 0.2) is 0 Å². The zero-order valence-corrected chi connectivity index (χ0v) is 24.1. The summed E-state index contributed by atoms with van der Waals surface area (Å²) in [6, 6.07) is 16.0. The Labute approximate surface area is 247 Å². The highest BCUT2D eigenvalue weighted by Gasteiger charge is 2.27. The molecule has 0 saturated heterocycles. The van der Waals surface area contributed by atoms with E-state index in [1.165, 1.54) is 17.0 Å². The van der Waals surface area contributed by atoms with Gasteiger partial charge >= 0.3 is 12.0 Å². The fraction of sp³-hybridized carbons (Fsp3) is 0.267. The lowest BCUT2D eigenvalue weighted by atomic mass is 10.1. The van der Waals surface area contributed by atoms with Crippen molar-refractivity contribution in [2.24, 2.45) is 0 Å². The third-order valence-corrected chi connectivity index (χ3v) is 7.47. The highest BCUT2D eigenvalue weighted by atomic mass is 35.5. The maximum atomic E-state index is 13.0. The van der Waals surface area contributed by atoms with E-state index in [1.54, 1.807) is 7.05 Å². The molecule has 3 aromatic carbocycles. The molecule has 0 spiro atoms. The van der Waals surface area contributed by atoms with Gasteiger partial charge in [-0.05, 0) is 48.6 Å². The van der Waals surface area contributed by atoms with E-state index in [4.69, 9.17) is 23.2 Å². The van der Waals surface area contributed by atoms with Gasteiger partial charge in [-0.3, -0.25) is 9.59 Å². The monoisotopic (exact) mass is 596 g/mol. The van der Waals surface area contributed by atoms with Crippen LogP contribution in [0.25, 0.3) is 0 Å². The van der Waals surface area contributed by atoms with E-state index in [-0.39, 0.29) is 39.7 Å². The molecule has 3 aromatic rings. The number of hydrogen-bond donors (Lipinski definition) is 4. The van der Waals surface area contributed by atoms with Crippen molar-refractivity contribution in [3.8, 4) is 0 Å². The number of amides is 4. The number of nitrogens with one attached hydrogen (secondary N) is 3. The Morgan fingerprint density at radius 2 is 1.73 bits per heavy atom. The van der Waals surface area contributed by atoms with Crippen LogP contribution in [-0.2, 0) is 17.8 Å². The maximum Gasteiger partial charge on any atom is 0.328 e. The summed E-state index contributed by atoms with van der Waals surface area (Å²) in [6.45, 7) is 1.94. The molecule has 1 aliphatic carbocycles. The topological polar surface area (TPSA) is 128 Å². The van der Waals surface area contributed by atoms with Gasteiger partial charge in [-0.2, -0.15) is 0 Å². The first-order chi connectivity index (χ1) is 19.5. The van der Waals surface area contributed by atoms with Crippen molar-refractivity contribution in [1.82, 2.24) is 20.9 Å². The first-order valence-electron chi connectivity index (χ1n) is 13.0. The number of carboxylic acids is 1. The number of benzene rings is 3. The molecule has 0 unspecified atom stereocenters. The lowest BCUT2D eigenvalue weighted by Gasteiger charge is -2.20. The number of aliphatic carboxylic acids is 1. The summed E-state index contributed by atoms with van der Waals surface area (Å²) in [5.74, 6) is -2.57. The van der Waals surface area contributed by atoms with Gasteiger partial charge in [0, 0.05) is 19.2 Å². The molecule has 1 aliphatic rings. The van der Waals surface area contributed by atoms with Gasteiger partial charge in [0.1, 0.15) is 6.04 Å². The van der Waals surface area contributed by atoms with Gasteiger partial charge in [-0.25, -0.2) is 9.59 Å². The lowest BCUT2D eigenvalue weighted by molar-refractivity contribution is -0.139. The fourth-order valence-electron chi connectivity index (χ4n) is 4.83. The molecule has 4 amide bonds. The number of carbonyl (C=O) groups excluding carboxylic acids is 3. The molecule has 4 rings (SSSR count). The van der Waals surface area contributed by atoms with Crippen LogP contribution in [-0.4, -0.2) is 53.5 Å². The second-order valence-electron chi connectivity index (χ2n) is 9.97. The van der Waals surface area contributed by atoms with Gasteiger partial charge < -0.3 is 26.0 Å². The predicted octanol–water partition coefficient (Wildman–Crippen LogP) is 4.74. The molecule has 0 heterocycles. The van der Waals surface area contributed by atoms with E-state index in [0.717, 1.165) is 35.1 Å². The fourth-order valence-corrected chi connectivity index (χ4v) is 5.49. The number of urea groups is 1. The smallest absolute Gasteiger partial charge is 0.328 e. The van der Waals surface area contributed by atoms with Gasteiger partial charge in [0.2, 0.25) is 0 Å². The summed E-state index contributed by atoms with van der Waals surface area (Å²) >= 11 is 12.7. The first-order valence-corrected chi connectivity index (χ1v) is 13.7. The molecule has 0 saturated carbocycles. The number of fused-ring (bicyclic) bond motifs is 1. The second-order valence-corrected chi connectivity index (χ2v) is 10.8. The van der Waals surface area contributed by atoms with E-state index >= 15 is 0 Å². The van der Waals surface area contributed by atoms with Crippen molar-refractivity contribution in [1.29, 1.82) is 0 Å². The third kappa shape index (κ3) is 7.36. The summed E-state index contributed by atoms with van der Waals surface area (Å²) in [5.41, 5.74) is 4.20. The third-order valence-electron chi connectivity index (χ3n) is 6.87. The van der Waals surface area contributed by atoms with Crippen molar-refractivity contribution in [3.63, 3.8) is 0 Å². The van der Waals surface area contributed by atoms with Crippen LogP contribution >= 0.6 is 23.2 Å². The number of hydrogen-bond acceptors (Lipinski definition) is 4. The van der Waals surface area contributed by atoms with E-state index in [0.29, 0.717) is 6.54 Å². The van der Waals surface area contributed by atoms with Gasteiger partial charge in [0.05, 0.1) is 28.2 Å². The molecule has 0 aromatic heterocycles. The molecule has 4 N–H and O–H groups in total.